The third-order valence-corrected chi connectivity index (χ3v) is 2.53. The molecule has 0 saturated heterocycles. The molecule has 1 aromatic carbocycles. The maximum absolute atomic E-state index is 10.7. The average molecular weight is 292 g/mol. The van der Waals surface area contributed by atoms with Gasteiger partial charge in [-0.1, -0.05) is 28.7 Å². The molecule has 0 fully saturated rings. The topological polar surface area (TPSA) is 46.5 Å². The molecule has 1 rings (SSSR count). The standard InChI is InChI=1S/C9H9IO3/c1-13-8-4-6(5-10)2-3-7(8)9(11)12/h2-4H,5H2,1H3,(H,11,12). The smallest absolute Gasteiger partial charge is 0.339 e. The Kier molecular flexibility index (Phi) is 3.53. The molecule has 0 aliphatic heterocycles. The number of aromatic carboxylic acids is 1. The predicted molar refractivity (Wildman–Crippen MR) is 57.7 cm³/mol. The first-order valence-corrected chi connectivity index (χ1v) is 5.17. The lowest BCUT2D eigenvalue weighted by Crippen LogP contribution is -2.00. The van der Waals surface area contributed by atoms with Crippen LogP contribution in [0.25, 0.3) is 0 Å². The Balaban J connectivity index is 3.15. The Morgan fingerprint density at radius 1 is 1.62 bits per heavy atom. The van der Waals surface area contributed by atoms with Gasteiger partial charge >= 0.3 is 5.97 Å². The van der Waals surface area contributed by atoms with Gasteiger partial charge in [0.2, 0.25) is 0 Å². The second-order valence-electron chi connectivity index (χ2n) is 2.47. The van der Waals surface area contributed by atoms with Crippen LogP contribution < -0.4 is 4.74 Å². The van der Waals surface area contributed by atoms with Gasteiger partial charge in [0.05, 0.1) is 7.11 Å². The van der Waals surface area contributed by atoms with Gasteiger partial charge in [-0.05, 0) is 17.7 Å². The minimum Gasteiger partial charge on any atom is -0.496 e. The minimum absolute atomic E-state index is 0.205. The number of ether oxygens (including phenoxy) is 1. The third-order valence-electron chi connectivity index (χ3n) is 1.65. The number of carboxylic acids is 1. The first-order valence-electron chi connectivity index (χ1n) is 3.65. The van der Waals surface area contributed by atoms with Gasteiger partial charge in [-0.2, -0.15) is 0 Å². The van der Waals surface area contributed by atoms with Crippen molar-refractivity contribution in [2.45, 2.75) is 4.43 Å². The highest BCUT2D eigenvalue weighted by Gasteiger charge is 2.10. The molecule has 0 radical (unpaired) electrons. The van der Waals surface area contributed by atoms with E-state index in [1.54, 1.807) is 18.2 Å². The number of rotatable bonds is 3. The summed E-state index contributed by atoms with van der Waals surface area (Å²) in [6.45, 7) is 0. The van der Waals surface area contributed by atoms with Gasteiger partial charge in [-0.3, -0.25) is 0 Å². The van der Waals surface area contributed by atoms with Crippen LogP contribution in [0.5, 0.6) is 5.75 Å². The molecule has 0 amide bonds. The third kappa shape index (κ3) is 2.33. The highest BCUT2D eigenvalue weighted by Crippen LogP contribution is 2.21. The highest BCUT2D eigenvalue weighted by molar-refractivity contribution is 14.1. The highest BCUT2D eigenvalue weighted by atomic mass is 127. The number of methoxy groups -OCH3 is 1. The number of hydrogen-bond donors (Lipinski definition) is 1. The zero-order chi connectivity index (χ0) is 9.84. The van der Waals surface area contributed by atoms with Crippen LogP contribution in [0.3, 0.4) is 0 Å². The van der Waals surface area contributed by atoms with E-state index in [0.717, 1.165) is 9.99 Å². The molecule has 0 aromatic heterocycles. The van der Waals surface area contributed by atoms with Crippen molar-refractivity contribution in [3.05, 3.63) is 29.3 Å². The van der Waals surface area contributed by atoms with Crippen LogP contribution in [0.1, 0.15) is 15.9 Å². The molecule has 0 spiro atoms. The summed E-state index contributed by atoms with van der Waals surface area (Å²) in [5.74, 6) is -0.543. The maximum Gasteiger partial charge on any atom is 0.339 e. The molecule has 1 aromatic rings. The predicted octanol–water partition coefficient (Wildman–Crippen LogP) is 2.33. The van der Waals surface area contributed by atoms with E-state index in [9.17, 15) is 4.79 Å². The lowest BCUT2D eigenvalue weighted by molar-refractivity contribution is 0.0693. The fraction of sp³-hybridized carbons (Fsp3) is 0.222. The van der Waals surface area contributed by atoms with Crippen molar-refractivity contribution in [1.82, 2.24) is 0 Å². The SMILES string of the molecule is COc1cc(CI)ccc1C(=O)O. The van der Waals surface area contributed by atoms with E-state index in [4.69, 9.17) is 9.84 Å². The van der Waals surface area contributed by atoms with Gasteiger partial charge in [-0.25, -0.2) is 4.79 Å². The quantitative estimate of drug-likeness (QED) is 0.687. The van der Waals surface area contributed by atoms with Gasteiger partial charge in [0.15, 0.2) is 0 Å². The van der Waals surface area contributed by atoms with Gasteiger partial charge in [0.1, 0.15) is 11.3 Å². The van der Waals surface area contributed by atoms with E-state index >= 15 is 0 Å². The van der Waals surface area contributed by atoms with Gasteiger partial charge in [0.25, 0.3) is 0 Å². The summed E-state index contributed by atoms with van der Waals surface area (Å²) in [5, 5.41) is 8.78. The summed E-state index contributed by atoms with van der Waals surface area (Å²) in [5.41, 5.74) is 1.26. The maximum atomic E-state index is 10.7. The molecule has 0 atom stereocenters. The van der Waals surface area contributed by atoms with Crippen molar-refractivity contribution in [2.75, 3.05) is 7.11 Å². The van der Waals surface area contributed by atoms with E-state index in [-0.39, 0.29) is 5.56 Å². The number of carbonyl (C=O) groups is 1. The van der Waals surface area contributed by atoms with Crippen molar-refractivity contribution in [3.8, 4) is 5.75 Å². The van der Waals surface area contributed by atoms with E-state index in [1.165, 1.54) is 7.11 Å². The molecular formula is C9H9IO3. The van der Waals surface area contributed by atoms with Crippen LogP contribution in [-0.2, 0) is 4.43 Å². The lowest BCUT2D eigenvalue weighted by atomic mass is 10.1. The average Bonchev–Trinajstić information content (AvgIpc) is 2.16. The molecule has 0 saturated carbocycles. The zero-order valence-electron chi connectivity index (χ0n) is 7.08. The van der Waals surface area contributed by atoms with Crippen molar-refractivity contribution in [3.63, 3.8) is 0 Å². The van der Waals surface area contributed by atoms with Crippen molar-refractivity contribution in [2.24, 2.45) is 0 Å². The molecular weight excluding hydrogens is 283 g/mol. The second kappa shape index (κ2) is 4.45. The number of alkyl halides is 1. The van der Waals surface area contributed by atoms with Gasteiger partial charge < -0.3 is 9.84 Å². The Labute approximate surface area is 89.9 Å². The summed E-state index contributed by atoms with van der Waals surface area (Å²) < 4.78 is 5.81. The molecule has 0 aliphatic carbocycles. The van der Waals surface area contributed by atoms with E-state index in [1.807, 2.05) is 0 Å². The molecule has 3 nitrogen and oxygen atoms in total. The monoisotopic (exact) mass is 292 g/mol. The molecule has 13 heavy (non-hydrogen) atoms. The zero-order valence-corrected chi connectivity index (χ0v) is 9.24. The Bertz CT molecular complexity index is 323. The Hall–Kier alpha value is -0.780. The molecule has 4 heteroatoms. The summed E-state index contributed by atoms with van der Waals surface area (Å²) >= 11 is 2.21. The summed E-state index contributed by atoms with van der Waals surface area (Å²) in [6, 6.07) is 5.10. The van der Waals surface area contributed by atoms with Gasteiger partial charge in [0, 0.05) is 4.43 Å². The Morgan fingerprint density at radius 3 is 2.77 bits per heavy atom. The summed E-state index contributed by atoms with van der Waals surface area (Å²) in [4.78, 5) is 10.7. The fourth-order valence-corrected chi connectivity index (χ4v) is 1.47. The second-order valence-corrected chi connectivity index (χ2v) is 3.24. The largest absolute Gasteiger partial charge is 0.496 e. The van der Waals surface area contributed by atoms with Crippen LogP contribution in [0, 0.1) is 0 Å². The van der Waals surface area contributed by atoms with Crippen molar-refractivity contribution >= 4 is 28.6 Å². The summed E-state index contributed by atoms with van der Waals surface area (Å²) in [7, 11) is 1.47. The molecule has 0 aliphatic rings. The molecule has 70 valence electrons. The fourth-order valence-electron chi connectivity index (χ4n) is 0.995. The summed E-state index contributed by atoms with van der Waals surface area (Å²) in [6.07, 6.45) is 0. The number of benzene rings is 1. The van der Waals surface area contributed by atoms with E-state index in [2.05, 4.69) is 22.6 Å². The molecule has 0 bridgehead atoms. The van der Waals surface area contributed by atoms with E-state index < -0.39 is 5.97 Å². The van der Waals surface area contributed by atoms with Crippen LogP contribution in [0.2, 0.25) is 0 Å². The van der Waals surface area contributed by atoms with Crippen LogP contribution >= 0.6 is 22.6 Å². The minimum atomic E-state index is -0.961. The normalized spacial score (nSPS) is 9.69. The van der Waals surface area contributed by atoms with Crippen molar-refractivity contribution < 1.29 is 14.6 Å². The van der Waals surface area contributed by atoms with Gasteiger partial charge in [-0.15, -0.1) is 0 Å². The van der Waals surface area contributed by atoms with Crippen LogP contribution in [-0.4, -0.2) is 18.2 Å². The number of carboxylic acid groups (broad SMARTS) is 1. The number of hydrogen-bond acceptors (Lipinski definition) is 2. The number of halogens is 1. The Morgan fingerprint density at radius 2 is 2.31 bits per heavy atom. The molecule has 0 heterocycles. The van der Waals surface area contributed by atoms with E-state index in [0.29, 0.717) is 5.75 Å². The molecule has 1 N–H and O–H groups in total. The molecule has 0 unspecified atom stereocenters. The first-order chi connectivity index (χ1) is 6.19. The lowest BCUT2D eigenvalue weighted by Gasteiger charge is -2.05. The first kappa shape index (κ1) is 10.3. The van der Waals surface area contributed by atoms with Crippen LogP contribution in [0.4, 0.5) is 0 Å². The van der Waals surface area contributed by atoms with Crippen molar-refractivity contribution in [1.29, 1.82) is 0 Å². The van der Waals surface area contributed by atoms with Crippen LogP contribution in [0.15, 0.2) is 18.2 Å².